The van der Waals surface area contributed by atoms with Crippen LogP contribution in [0.2, 0.25) is 0 Å². The summed E-state index contributed by atoms with van der Waals surface area (Å²) in [4.78, 5) is 22.6. The molecule has 0 saturated heterocycles. The Kier molecular flexibility index (Phi) is 24.5. The van der Waals surface area contributed by atoms with E-state index in [9.17, 15) is 9.59 Å². The zero-order valence-electron chi connectivity index (χ0n) is 23.0. The second-order valence-electron chi connectivity index (χ2n) is 7.73. The minimum Gasteiger partial charge on any atom is -0.469 e. The normalized spacial score (nSPS) is 11.0. The summed E-state index contributed by atoms with van der Waals surface area (Å²) in [6.07, 6.45) is 0.242. The molecule has 0 aliphatic carbocycles. The lowest BCUT2D eigenvalue weighted by Gasteiger charge is -2.09. The van der Waals surface area contributed by atoms with Crippen LogP contribution in [-0.4, -0.2) is 131 Å². The van der Waals surface area contributed by atoms with Crippen LogP contribution in [-0.2, 0) is 52.2 Å². The minimum absolute atomic E-state index is 0.200. The Morgan fingerprint density at radius 1 is 0.487 bits per heavy atom. The molecule has 0 aliphatic rings. The summed E-state index contributed by atoms with van der Waals surface area (Å²) < 4.78 is 52.7. The zero-order valence-corrected chi connectivity index (χ0v) is 23.0. The second-order valence-corrected chi connectivity index (χ2v) is 7.73. The summed E-state index contributed by atoms with van der Waals surface area (Å²) in [7, 11) is 1.35. The van der Waals surface area contributed by atoms with Gasteiger partial charge in [-0.3, -0.25) is 4.79 Å². The van der Waals surface area contributed by atoms with Crippen molar-refractivity contribution in [3.8, 4) is 0 Å². The molecule has 0 amide bonds. The molecule has 0 fully saturated rings. The fourth-order valence-electron chi connectivity index (χ4n) is 2.75. The fourth-order valence-corrected chi connectivity index (χ4v) is 2.75. The molecular weight excluding hydrogens is 516 g/mol. The van der Waals surface area contributed by atoms with E-state index in [2.05, 4.69) is 4.74 Å². The van der Waals surface area contributed by atoms with Gasteiger partial charge in [0.25, 0.3) is 0 Å². The Morgan fingerprint density at radius 3 is 1.18 bits per heavy atom. The summed E-state index contributed by atoms with van der Waals surface area (Å²) in [6.45, 7) is 7.34. The smallest absolute Gasteiger partial charge is 0.338 e. The molecule has 0 aromatic heterocycles. The van der Waals surface area contributed by atoms with Crippen LogP contribution >= 0.6 is 0 Å². The molecule has 0 N–H and O–H groups in total. The number of rotatable bonds is 28. The summed E-state index contributed by atoms with van der Waals surface area (Å²) in [5, 5.41) is 0. The van der Waals surface area contributed by atoms with Gasteiger partial charge < -0.3 is 47.4 Å². The molecule has 0 heterocycles. The molecule has 0 atom stereocenters. The highest BCUT2D eigenvalue weighted by molar-refractivity contribution is 5.89. The van der Waals surface area contributed by atoms with Crippen LogP contribution in [0.4, 0.5) is 0 Å². The maximum absolute atomic E-state index is 11.7. The number of carbonyl (C=O) groups is 2. The van der Waals surface area contributed by atoms with Crippen LogP contribution in [0.15, 0.2) is 30.3 Å². The minimum atomic E-state index is -0.359. The molecule has 0 saturated carbocycles. The first-order chi connectivity index (χ1) is 19.2. The van der Waals surface area contributed by atoms with Gasteiger partial charge in [0.05, 0.1) is 125 Å². The van der Waals surface area contributed by atoms with Gasteiger partial charge in [-0.1, -0.05) is 18.2 Å². The van der Waals surface area contributed by atoms with E-state index in [0.29, 0.717) is 111 Å². The van der Waals surface area contributed by atoms with Gasteiger partial charge in [-0.15, -0.1) is 0 Å². The second kappa shape index (κ2) is 27.4. The lowest BCUT2D eigenvalue weighted by molar-refractivity contribution is -0.141. The number of esters is 2. The Labute approximate surface area is 231 Å². The van der Waals surface area contributed by atoms with E-state index in [-0.39, 0.29) is 25.0 Å². The predicted octanol–water partition coefficient (Wildman–Crippen LogP) is 1.54. The number of carbonyl (C=O) groups excluding carboxylic acids is 2. The Balaban J connectivity index is 1.67. The third kappa shape index (κ3) is 23.4. The van der Waals surface area contributed by atoms with E-state index >= 15 is 0 Å². The van der Waals surface area contributed by atoms with E-state index < -0.39 is 0 Å². The molecule has 0 aliphatic heterocycles. The maximum atomic E-state index is 11.7. The average Bonchev–Trinajstić information content (AvgIpc) is 2.96. The quantitative estimate of drug-likeness (QED) is 0.109. The van der Waals surface area contributed by atoms with Gasteiger partial charge in [-0.05, 0) is 12.1 Å². The fraction of sp³-hybridized carbons (Fsp3) is 0.704. The Morgan fingerprint density at radius 2 is 0.821 bits per heavy atom. The number of hydrogen-bond acceptors (Lipinski definition) is 12. The predicted molar refractivity (Wildman–Crippen MR) is 140 cm³/mol. The van der Waals surface area contributed by atoms with Gasteiger partial charge in [0, 0.05) is 0 Å². The summed E-state index contributed by atoms with van der Waals surface area (Å²) in [6, 6.07) is 8.83. The molecular formula is C27H44O12. The summed E-state index contributed by atoms with van der Waals surface area (Å²) in [5.74, 6) is -0.648. The highest BCUT2D eigenvalue weighted by Gasteiger charge is 2.05. The molecule has 0 radical (unpaired) electrons. The number of ether oxygens (including phenoxy) is 10. The number of methoxy groups -OCH3 is 1. The third-order valence-electron chi connectivity index (χ3n) is 4.75. The van der Waals surface area contributed by atoms with Crippen molar-refractivity contribution >= 4 is 11.9 Å². The summed E-state index contributed by atoms with van der Waals surface area (Å²) >= 11 is 0. The van der Waals surface area contributed by atoms with E-state index in [1.807, 2.05) is 6.07 Å². The topological polar surface area (TPSA) is 126 Å². The molecule has 12 nitrogen and oxygen atoms in total. The van der Waals surface area contributed by atoms with Crippen molar-refractivity contribution in [2.24, 2.45) is 0 Å². The van der Waals surface area contributed by atoms with Gasteiger partial charge >= 0.3 is 11.9 Å². The molecule has 12 heteroatoms. The highest BCUT2D eigenvalue weighted by Crippen LogP contribution is 2.00. The maximum Gasteiger partial charge on any atom is 0.338 e. The SMILES string of the molecule is COC(=O)CCOCCOCCOCCOCCOCCOCCOCCOCCOC(=O)c1ccccc1. The Bertz CT molecular complexity index is 689. The largest absolute Gasteiger partial charge is 0.469 e. The van der Waals surface area contributed by atoms with Crippen molar-refractivity contribution in [1.29, 1.82) is 0 Å². The highest BCUT2D eigenvalue weighted by atomic mass is 16.6. The monoisotopic (exact) mass is 560 g/mol. The van der Waals surface area contributed by atoms with Gasteiger partial charge in [0.2, 0.25) is 0 Å². The van der Waals surface area contributed by atoms with Crippen LogP contribution in [0.5, 0.6) is 0 Å². The number of benzene rings is 1. The van der Waals surface area contributed by atoms with E-state index in [1.54, 1.807) is 24.3 Å². The molecule has 224 valence electrons. The molecule has 1 aromatic carbocycles. The summed E-state index contributed by atoms with van der Waals surface area (Å²) in [5.41, 5.74) is 0.523. The van der Waals surface area contributed by atoms with E-state index in [0.717, 1.165) is 0 Å². The van der Waals surface area contributed by atoms with Crippen molar-refractivity contribution in [1.82, 2.24) is 0 Å². The number of hydrogen-bond donors (Lipinski definition) is 0. The van der Waals surface area contributed by atoms with Crippen LogP contribution in [0.3, 0.4) is 0 Å². The van der Waals surface area contributed by atoms with Crippen LogP contribution in [0, 0.1) is 0 Å². The van der Waals surface area contributed by atoms with Crippen molar-refractivity contribution in [2.75, 3.05) is 119 Å². The van der Waals surface area contributed by atoms with Crippen LogP contribution in [0.1, 0.15) is 16.8 Å². The first kappa shape index (κ1) is 34.9. The van der Waals surface area contributed by atoms with Gasteiger partial charge in [-0.2, -0.15) is 0 Å². The van der Waals surface area contributed by atoms with Crippen molar-refractivity contribution in [3.05, 3.63) is 35.9 Å². The molecule has 0 unspecified atom stereocenters. The van der Waals surface area contributed by atoms with Crippen molar-refractivity contribution in [3.63, 3.8) is 0 Å². The van der Waals surface area contributed by atoms with Gasteiger partial charge in [0.15, 0.2) is 0 Å². The standard InChI is InChI=1S/C27H44O12/c1-30-26(28)7-8-31-9-10-32-11-12-33-13-14-34-15-16-35-17-18-36-19-20-37-21-22-38-23-24-39-27(29)25-5-3-2-4-6-25/h2-6H,7-24H2,1H3. The lowest BCUT2D eigenvalue weighted by atomic mass is 10.2. The first-order valence-corrected chi connectivity index (χ1v) is 13.1. The zero-order chi connectivity index (χ0) is 28.1. The molecule has 0 spiro atoms. The van der Waals surface area contributed by atoms with Gasteiger partial charge in [0.1, 0.15) is 6.61 Å². The molecule has 1 rings (SSSR count). The van der Waals surface area contributed by atoms with Crippen molar-refractivity contribution in [2.45, 2.75) is 6.42 Å². The lowest BCUT2D eigenvalue weighted by Crippen LogP contribution is -2.15. The van der Waals surface area contributed by atoms with Gasteiger partial charge in [-0.25, -0.2) is 4.79 Å². The van der Waals surface area contributed by atoms with Crippen LogP contribution < -0.4 is 0 Å². The van der Waals surface area contributed by atoms with E-state index in [1.165, 1.54) is 7.11 Å². The first-order valence-electron chi connectivity index (χ1n) is 13.1. The average molecular weight is 561 g/mol. The Hall–Kier alpha value is -2.16. The molecule has 0 bridgehead atoms. The third-order valence-corrected chi connectivity index (χ3v) is 4.75. The van der Waals surface area contributed by atoms with Crippen LogP contribution in [0.25, 0.3) is 0 Å². The molecule has 39 heavy (non-hydrogen) atoms. The molecule has 1 aromatic rings. The van der Waals surface area contributed by atoms with E-state index in [4.69, 9.17) is 42.6 Å². The van der Waals surface area contributed by atoms with Crippen molar-refractivity contribution < 1.29 is 57.0 Å².